The maximum atomic E-state index is 14.0. The van der Waals surface area contributed by atoms with E-state index in [9.17, 15) is 22.0 Å². The molecule has 0 bridgehead atoms. The van der Waals surface area contributed by atoms with Gasteiger partial charge in [0.2, 0.25) is 0 Å². The van der Waals surface area contributed by atoms with Crippen molar-refractivity contribution in [1.82, 2.24) is 4.98 Å². The van der Waals surface area contributed by atoms with Gasteiger partial charge in [0.25, 0.3) is 0 Å². The van der Waals surface area contributed by atoms with Gasteiger partial charge in [-0.3, -0.25) is 0 Å². The van der Waals surface area contributed by atoms with Crippen LogP contribution < -0.4 is 0 Å². The SMILES string of the molecule is Fc1cccc(F)c1-c1cc2cc(-c3ccc(C(F)(F)F)cc3Cl)ccc2[nH]1. The Morgan fingerprint density at radius 2 is 1.54 bits per heavy atom. The number of H-pyrrole nitrogens is 1. The lowest BCUT2D eigenvalue weighted by atomic mass is 10.0. The molecule has 0 aliphatic rings. The van der Waals surface area contributed by atoms with Crippen LogP contribution in [0, 0.1) is 11.6 Å². The van der Waals surface area contributed by atoms with E-state index in [1.165, 1.54) is 12.1 Å². The Morgan fingerprint density at radius 3 is 2.18 bits per heavy atom. The number of benzene rings is 3. The molecule has 0 fully saturated rings. The number of fused-ring (bicyclic) bond motifs is 1. The van der Waals surface area contributed by atoms with Gasteiger partial charge >= 0.3 is 6.18 Å². The molecule has 0 saturated carbocycles. The molecule has 3 aromatic carbocycles. The van der Waals surface area contributed by atoms with Crippen molar-refractivity contribution in [2.75, 3.05) is 0 Å². The predicted molar refractivity (Wildman–Crippen MR) is 99.1 cm³/mol. The van der Waals surface area contributed by atoms with Crippen molar-refractivity contribution in [1.29, 1.82) is 0 Å². The lowest BCUT2D eigenvalue weighted by molar-refractivity contribution is -0.137. The Bertz CT molecular complexity index is 1170. The molecule has 1 aromatic heterocycles. The Balaban J connectivity index is 1.79. The molecule has 1 heterocycles. The Morgan fingerprint density at radius 1 is 0.821 bits per heavy atom. The van der Waals surface area contributed by atoms with Crippen LogP contribution in [0.2, 0.25) is 5.02 Å². The number of alkyl halides is 3. The highest BCUT2D eigenvalue weighted by molar-refractivity contribution is 6.33. The molecule has 0 spiro atoms. The van der Waals surface area contributed by atoms with Crippen LogP contribution in [0.5, 0.6) is 0 Å². The second-order valence-electron chi connectivity index (χ2n) is 6.27. The zero-order valence-corrected chi connectivity index (χ0v) is 14.8. The first-order chi connectivity index (χ1) is 13.2. The average Bonchev–Trinajstić information content (AvgIpc) is 3.03. The van der Waals surface area contributed by atoms with Gasteiger partial charge in [0, 0.05) is 21.5 Å². The van der Waals surface area contributed by atoms with E-state index in [0.717, 1.165) is 24.3 Å². The monoisotopic (exact) mass is 407 g/mol. The van der Waals surface area contributed by atoms with Gasteiger partial charge in [0.05, 0.1) is 16.8 Å². The van der Waals surface area contributed by atoms with Gasteiger partial charge in [-0.2, -0.15) is 13.2 Å². The summed E-state index contributed by atoms with van der Waals surface area (Å²) in [7, 11) is 0. The van der Waals surface area contributed by atoms with Crippen molar-refractivity contribution >= 4 is 22.5 Å². The summed E-state index contributed by atoms with van der Waals surface area (Å²) in [5.74, 6) is -1.39. The highest BCUT2D eigenvalue weighted by Gasteiger charge is 2.31. The highest BCUT2D eigenvalue weighted by Crippen LogP contribution is 2.37. The van der Waals surface area contributed by atoms with Crippen molar-refractivity contribution in [3.63, 3.8) is 0 Å². The standard InChI is InChI=1S/C21H11ClF5N/c22-15-10-13(21(25,26)27)5-6-14(15)11-4-7-18-12(8-11)9-19(28-18)20-16(23)2-1-3-17(20)24/h1-10,28H. The third kappa shape index (κ3) is 3.24. The van der Waals surface area contributed by atoms with Crippen LogP contribution in [-0.2, 0) is 6.18 Å². The van der Waals surface area contributed by atoms with Gasteiger partial charge in [0.1, 0.15) is 11.6 Å². The van der Waals surface area contributed by atoms with Gasteiger partial charge in [0.15, 0.2) is 0 Å². The first-order valence-electron chi connectivity index (χ1n) is 8.18. The van der Waals surface area contributed by atoms with E-state index < -0.39 is 23.4 Å². The molecule has 28 heavy (non-hydrogen) atoms. The largest absolute Gasteiger partial charge is 0.416 e. The van der Waals surface area contributed by atoms with Gasteiger partial charge in [-0.15, -0.1) is 0 Å². The number of rotatable bonds is 2. The van der Waals surface area contributed by atoms with Crippen LogP contribution in [0.4, 0.5) is 22.0 Å². The first kappa shape index (κ1) is 18.5. The molecule has 0 radical (unpaired) electrons. The first-order valence-corrected chi connectivity index (χ1v) is 8.56. The maximum absolute atomic E-state index is 14.0. The van der Waals surface area contributed by atoms with Crippen LogP contribution in [-0.4, -0.2) is 4.98 Å². The minimum absolute atomic E-state index is 0.0370. The summed E-state index contributed by atoms with van der Waals surface area (Å²) in [4.78, 5) is 2.95. The molecule has 4 rings (SSSR count). The van der Waals surface area contributed by atoms with Crippen molar-refractivity contribution < 1.29 is 22.0 Å². The third-order valence-corrected chi connectivity index (χ3v) is 4.77. The molecule has 0 aliphatic heterocycles. The van der Waals surface area contributed by atoms with Crippen molar-refractivity contribution in [2.24, 2.45) is 0 Å². The third-order valence-electron chi connectivity index (χ3n) is 4.46. The topological polar surface area (TPSA) is 15.8 Å². The number of hydrogen-bond acceptors (Lipinski definition) is 0. The van der Waals surface area contributed by atoms with Crippen LogP contribution in [0.1, 0.15) is 5.56 Å². The highest BCUT2D eigenvalue weighted by atomic mass is 35.5. The number of aromatic nitrogens is 1. The molecular formula is C21H11ClF5N. The summed E-state index contributed by atoms with van der Waals surface area (Å²) in [5.41, 5.74) is 0.905. The summed E-state index contributed by atoms with van der Waals surface area (Å²) in [6.45, 7) is 0. The number of halogens is 6. The molecule has 0 aliphatic carbocycles. The van der Waals surface area contributed by atoms with Gasteiger partial charge in [-0.25, -0.2) is 8.78 Å². The lowest BCUT2D eigenvalue weighted by Gasteiger charge is -2.10. The van der Waals surface area contributed by atoms with Crippen molar-refractivity contribution in [3.8, 4) is 22.4 Å². The van der Waals surface area contributed by atoms with E-state index in [2.05, 4.69) is 4.98 Å². The van der Waals surface area contributed by atoms with Gasteiger partial charge < -0.3 is 4.98 Å². The van der Waals surface area contributed by atoms with E-state index in [0.29, 0.717) is 22.0 Å². The summed E-state index contributed by atoms with van der Waals surface area (Å²) < 4.78 is 66.5. The number of hydrogen-bond donors (Lipinski definition) is 1. The van der Waals surface area contributed by atoms with Gasteiger partial charge in [-0.05, 0) is 48.0 Å². The molecular weight excluding hydrogens is 397 g/mol. The Hall–Kier alpha value is -2.86. The fourth-order valence-corrected chi connectivity index (χ4v) is 3.41. The number of nitrogens with one attached hydrogen (secondary N) is 1. The smallest absolute Gasteiger partial charge is 0.354 e. The van der Waals surface area contributed by atoms with Gasteiger partial charge in [-0.1, -0.05) is 29.8 Å². The molecule has 1 N–H and O–H groups in total. The maximum Gasteiger partial charge on any atom is 0.416 e. The predicted octanol–water partition coefficient (Wildman–Crippen LogP) is 7.45. The van der Waals surface area contributed by atoms with Crippen molar-refractivity contribution in [3.05, 3.63) is 82.9 Å². The molecule has 7 heteroatoms. The molecule has 0 atom stereocenters. The van der Waals surface area contributed by atoms with E-state index >= 15 is 0 Å². The fourth-order valence-electron chi connectivity index (χ4n) is 3.12. The Labute approximate surface area is 161 Å². The summed E-state index contributed by atoms with van der Waals surface area (Å²) >= 11 is 6.06. The number of aromatic amines is 1. The van der Waals surface area contributed by atoms with E-state index in [1.807, 2.05) is 0 Å². The molecule has 0 amide bonds. The van der Waals surface area contributed by atoms with Crippen LogP contribution >= 0.6 is 11.6 Å². The summed E-state index contributed by atoms with van der Waals surface area (Å²) in [6, 6.07) is 13.4. The zero-order valence-electron chi connectivity index (χ0n) is 14.0. The molecule has 142 valence electrons. The fraction of sp³-hybridized carbons (Fsp3) is 0.0476. The second kappa shape index (κ2) is 6.63. The molecule has 4 aromatic rings. The van der Waals surface area contributed by atoms with Crippen LogP contribution in [0.15, 0.2) is 60.7 Å². The molecule has 0 unspecified atom stereocenters. The van der Waals surface area contributed by atoms with Crippen LogP contribution in [0.3, 0.4) is 0 Å². The summed E-state index contributed by atoms with van der Waals surface area (Å²) in [5, 5.41) is 0.608. The van der Waals surface area contributed by atoms with Crippen LogP contribution in [0.25, 0.3) is 33.3 Å². The molecule has 1 nitrogen and oxygen atoms in total. The Kier molecular flexibility index (Phi) is 4.38. The summed E-state index contributed by atoms with van der Waals surface area (Å²) in [6.07, 6.45) is -4.48. The normalized spacial score (nSPS) is 11.9. The lowest BCUT2D eigenvalue weighted by Crippen LogP contribution is -2.04. The zero-order chi connectivity index (χ0) is 20.1. The minimum atomic E-state index is -4.48. The average molecular weight is 408 g/mol. The quantitative estimate of drug-likeness (QED) is 0.332. The van der Waals surface area contributed by atoms with Crippen molar-refractivity contribution in [2.45, 2.75) is 6.18 Å². The van der Waals surface area contributed by atoms with E-state index in [1.54, 1.807) is 24.3 Å². The van der Waals surface area contributed by atoms with E-state index in [4.69, 9.17) is 11.6 Å². The minimum Gasteiger partial charge on any atom is -0.354 e. The van der Waals surface area contributed by atoms with E-state index in [-0.39, 0.29) is 16.3 Å². The second-order valence-corrected chi connectivity index (χ2v) is 6.68. The molecule has 0 saturated heterocycles.